The fraction of sp³-hybridized carbons (Fsp3) is 0.211. The number of halogens is 5. The van der Waals surface area contributed by atoms with E-state index in [1.54, 1.807) is 29.2 Å². The number of carbonyl (C=O) groups excluding carboxylic acids is 1. The molecule has 0 bridgehead atoms. The van der Waals surface area contributed by atoms with E-state index in [9.17, 15) is 26.7 Å². The van der Waals surface area contributed by atoms with Crippen molar-refractivity contribution >= 4 is 5.97 Å². The fourth-order valence-corrected chi connectivity index (χ4v) is 2.85. The van der Waals surface area contributed by atoms with Crippen molar-refractivity contribution in [2.24, 2.45) is 0 Å². The van der Waals surface area contributed by atoms with Crippen LogP contribution in [0.1, 0.15) is 40.5 Å². The summed E-state index contributed by atoms with van der Waals surface area (Å²) >= 11 is 0. The Hall–Kier alpha value is -3.30. The molecule has 0 N–H and O–H groups in total. The zero-order chi connectivity index (χ0) is 20.7. The van der Waals surface area contributed by atoms with Crippen molar-refractivity contribution in [1.82, 2.24) is 14.8 Å². The monoisotopic (exact) mass is 409 g/mol. The van der Waals surface area contributed by atoms with Gasteiger partial charge in [-0.2, -0.15) is 13.9 Å². The first-order valence-corrected chi connectivity index (χ1v) is 8.57. The molecule has 2 heterocycles. The van der Waals surface area contributed by atoms with Gasteiger partial charge in [0.2, 0.25) is 34.8 Å². The Morgan fingerprint density at radius 3 is 2.28 bits per heavy atom. The smallest absolute Gasteiger partial charge is 0.362 e. The third-order valence-corrected chi connectivity index (χ3v) is 4.44. The van der Waals surface area contributed by atoms with Gasteiger partial charge in [0, 0.05) is 24.0 Å². The second kappa shape index (κ2) is 7.26. The summed E-state index contributed by atoms with van der Waals surface area (Å²) in [5, 5.41) is 4.10. The van der Waals surface area contributed by atoms with E-state index < -0.39 is 40.8 Å². The van der Waals surface area contributed by atoms with Gasteiger partial charge in [-0.05, 0) is 30.5 Å². The number of carbonyl (C=O) groups is 1. The average molecular weight is 409 g/mol. The van der Waals surface area contributed by atoms with E-state index in [4.69, 9.17) is 0 Å². The van der Waals surface area contributed by atoms with Crippen LogP contribution in [-0.2, 0) is 6.54 Å². The van der Waals surface area contributed by atoms with Gasteiger partial charge in [-0.15, -0.1) is 0 Å². The fourth-order valence-electron chi connectivity index (χ4n) is 2.85. The average Bonchev–Trinajstić information content (AvgIpc) is 3.44. The maximum Gasteiger partial charge on any atom is 0.362 e. The molecule has 150 valence electrons. The molecule has 0 unspecified atom stereocenters. The lowest BCUT2D eigenvalue weighted by molar-refractivity contribution is 0.0709. The molecule has 4 rings (SSSR count). The Bertz CT molecular complexity index is 1070. The lowest BCUT2D eigenvalue weighted by Crippen LogP contribution is -2.16. The number of benzene rings is 1. The number of hydrogen-bond acceptors (Lipinski definition) is 4. The molecule has 1 saturated carbocycles. The highest BCUT2D eigenvalue weighted by molar-refractivity contribution is 5.89. The van der Waals surface area contributed by atoms with Crippen LogP contribution < -0.4 is 4.74 Å². The van der Waals surface area contributed by atoms with Crippen LogP contribution in [0.2, 0.25) is 0 Å². The summed E-state index contributed by atoms with van der Waals surface area (Å²) in [5.74, 6) is -14.1. The predicted octanol–water partition coefficient (Wildman–Crippen LogP) is 4.12. The molecule has 0 amide bonds. The van der Waals surface area contributed by atoms with E-state index in [2.05, 4.69) is 14.8 Å². The van der Waals surface area contributed by atoms with E-state index in [-0.39, 0.29) is 11.6 Å². The number of pyridine rings is 1. The van der Waals surface area contributed by atoms with Gasteiger partial charge in [-0.1, -0.05) is 6.07 Å². The van der Waals surface area contributed by atoms with Crippen molar-refractivity contribution in [3.8, 4) is 5.75 Å². The molecule has 5 nitrogen and oxygen atoms in total. The standard InChI is InChI=1S/C19H12F5N3O2/c20-12-13(21)15(23)18(16(24)14(12)22)29-19(28)11-5-4-10(8-27-7-1-6-25-27)17(26-11)9-2-3-9/h1,4-7,9H,2-3,8H2. The largest absolute Gasteiger partial charge is 0.415 e. The number of ether oxygens (including phenoxy) is 1. The molecule has 0 atom stereocenters. The van der Waals surface area contributed by atoms with Crippen LogP contribution in [0.4, 0.5) is 22.0 Å². The second-order valence-corrected chi connectivity index (χ2v) is 6.51. The summed E-state index contributed by atoms with van der Waals surface area (Å²) in [4.78, 5) is 16.5. The maximum atomic E-state index is 13.7. The molecule has 0 saturated heterocycles. The van der Waals surface area contributed by atoms with Crippen LogP contribution >= 0.6 is 0 Å². The molecular weight excluding hydrogens is 397 g/mol. The topological polar surface area (TPSA) is 57.0 Å². The van der Waals surface area contributed by atoms with Gasteiger partial charge in [0.15, 0.2) is 0 Å². The second-order valence-electron chi connectivity index (χ2n) is 6.51. The highest BCUT2D eigenvalue weighted by Crippen LogP contribution is 2.41. The number of esters is 1. The minimum Gasteiger partial charge on any atom is -0.415 e. The van der Waals surface area contributed by atoms with Crippen LogP contribution in [0.3, 0.4) is 0 Å². The van der Waals surface area contributed by atoms with Crippen molar-refractivity contribution in [2.75, 3.05) is 0 Å². The highest BCUT2D eigenvalue weighted by Gasteiger charge is 2.31. The predicted molar refractivity (Wildman–Crippen MR) is 88.7 cm³/mol. The number of nitrogens with zero attached hydrogens (tertiary/aromatic N) is 3. The third-order valence-electron chi connectivity index (χ3n) is 4.44. The molecule has 10 heteroatoms. The summed E-state index contributed by atoms with van der Waals surface area (Å²) < 4.78 is 73.3. The minimum atomic E-state index is -2.34. The first kappa shape index (κ1) is 19.0. The zero-order valence-corrected chi connectivity index (χ0v) is 14.6. The molecule has 0 aliphatic heterocycles. The summed E-state index contributed by atoms with van der Waals surface area (Å²) in [5.41, 5.74) is 1.09. The molecule has 3 aromatic rings. The molecule has 0 spiro atoms. The third kappa shape index (κ3) is 3.57. The van der Waals surface area contributed by atoms with E-state index in [0.29, 0.717) is 12.2 Å². The summed E-state index contributed by atoms with van der Waals surface area (Å²) in [6.07, 6.45) is 5.08. The summed E-state index contributed by atoms with van der Waals surface area (Å²) in [6, 6.07) is 4.61. The van der Waals surface area contributed by atoms with E-state index in [1.165, 1.54) is 6.07 Å². The van der Waals surface area contributed by atoms with Gasteiger partial charge in [-0.25, -0.2) is 22.9 Å². The van der Waals surface area contributed by atoms with Crippen molar-refractivity contribution in [3.63, 3.8) is 0 Å². The minimum absolute atomic E-state index is 0.113. The Labute approximate surface area is 160 Å². The van der Waals surface area contributed by atoms with E-state index in [0.717, 1.165) is 18.4 Å². The molecule has 1 aliphatic rings. The Kier molecular flexibility index (Phi) is 4.77. The van der Waals surface area contributed by atoms with Crippen molar-refractivity contribution in [2.45, 2.75) is 25.3 Å². The molecule has 1 aliphatic carbocycles. The van der Waals surface area contributed by atoms with Gasteiger partial charge in [0.1, 0.15) is 5.69 Å². The van der Waals surface area contributed by atoms with Gasteiger partial charge in [0.05, 0.1) is 6.54 Å². The number of hydrogen-bond donors (Lipinski definition) is 0. The van der Waals surface area contributed by atoms with Crippen LogP contribution in [-0.4, -0.2) is 20.7 Å². The molecule has 2 aromatic heterocycles. The van der Waals surface area contributed by atoms with Crippen molar-refractivity contribution in [3.05, 3.63) is 76.6 Å². The molecule has 1 fully saturated rings. The first-order chi connectivity index (χ1) is 13.9. The molecule has 1 aromatic carbocycles. The number of rotatable bonds is 5. The number of aromatic nitrogens is 3. The van der Waals surface area contributed by atoms with Gasteiger partial charge >= 0.3 is 5.97 Å². The van der Waals surface area contributed by atoms with Gasteiger partial charge in [-0.3, -0.25) is 4.68 Å². The maximum absolute atomic E-state index is 13.7. The highest BCUT2D eigenvalue weighted by atomic mass is 19.2. The summed E-state index contributed by atoms with van der Waals surface area (Å²) in [6.45, 7) is 0.402. The lowest BCUT2D eigenvalue weighted by atomic mass is 10.1. The Morgan fingerprint density at radius 2 is 1.69 bits per heavy atom. The SMILES string of the molecule is O=C(Oc1c(F)c(F)c(F)c(F)c1F)c1ccc(Cn2cccn2)c(C2CC2)n1. The van der Waals surface area contributed by atoms with Crippen molar-refractivity contribution < 1.29 is 31.5 Å². The van der Waals surface area contributed by atoms with Crippen LogP contribution in [0.15, 0.2) is 30.6 Å². The van der Waals surface area contributed by atoms with Crippen molar-refractivity contribution in [1.29, 1.82) is 0 Å². The quantitative estimate of drug-likeness (QED) is 0.209. The Balaban J connectivity index is 1.64. The van der Waals surface area contributed by atoms with Gasteiger partial charge in [0.25, 0.3) is 0 Å². The lowest BCUT2D eigenvalue weighted by Gasteiger charge is -2.12. The van der Waals surface area contributed by atoms with Crippen LogP contribution in [0.5, 0.6) is 5.75 Å². The van der Waals surface area contributed by atoms with E-state index >= 15 is 0 Å². The summed E-state index contributed by atoms with van der Waals surface area (Å²) in [7, 11) is 0. The van der Waals surface area contributed by atoms with Crippen LogP contribution in [0, 0.1) is 29.1 Å². The zero-order valence-electron chi connectivity index (χ0n) is 14.6. The molecule has 29 heavy (non-hydrogen) atoms. The molecule has 0 radical (unpaired) electrons. The molecular formula is C19H12F5N3O2. The Morgan fingerprint density at radius 1 is 1.03 bits per heavy atom. The normalized spacial score (nSPS) is 13.6. The van der Waals surface area contributed by atoms with Crippen LogP contribution in [0.25, 0.3) is 0 Å². The van der Waals surface area contributed by atoms with Gasteiger partial charge < -0.3 is 4.74 Å². The first-order valence-electron chi connectivity index (χ1n) is 8.57. The van der Waals surface area contributed by atoms with E-state index in [1.807, 2.05) is 0 Å².